The summed E-state index contributed by atoms with van der Waals surface area (Å²) in [5.41, 5.74) is 4.57. The average Bonchev–Trinajstić information content (AvgIpc) is 3.41. The second-order valence-electron chi connectivity index (χ2n) is 9.78. The second-order valence-corrected chi connectivity index (χ2v) is 9.78. The van der Waals surface area contributed by atoms with Crippen molar-refractivity contribution >= 4 is 16.8 Å². The van der Waals surface area contributed by atoms with Crippen molar-refractivity contribution in [2.75, 3.05) is 0 Å². The first kappa shape index (κ1) is 22.1. The lowest BCUT2D eigenvalue weighted by Gasteiger charge is -2.34. The Hall–Kier alpha value is -3.36. The molecular formula is C26H26F3N5O. The Balaban J connectivity index is 1.25. The molecule has 1 fully saturated rings. The number of aromatic nitrogens is 4. The highest BCUT2D eigenvalue weighted by atomic mass is 19.4. The van der Waals surface area contributed by atoms with E-state index in [9.17, 15) is 18.0 Å². The van der Waals surface area contributed by atoms with E-state index in [0.29, 0.717) is 12.1 Å². The number of amides is 1. The maximum Gasteiger partial charge on any atom is 0.395 e. The highest BCUT2D eigenvalue weighted by molar-refractivity contribution is 6.06. The van der Waals surface area contributed by atoms with Crippen LogP contribution in [-0.4, -0.2) is 49.0 Å². The van der Waals surface area contributed by atoms with Gasteiger partial charge >= 0.3 is 6.18 Å². The number of hydrogen-bond donors (Lipinski definition) is 1. The highest BCUT2D eigenvalue weighted by Gasteiger charge is 2.40. The maximum atomic E-state index is 13.9. The minimum Gasteiger partial charge on any atom is -0.332 e. The van der Waals surface area contributed by atoms with Crippen molar-refractivity contribution in [2.24, 2.45) is 5.92 Å². The molecule has 3 aliphatic carbocycles. The van der Waals surface area contributed by atoms with Crippen molar-refractivity contribution < 1.29 is 18.0 Å². The standard InChI is InChI=1S/C26H26F3N5O/c27-26(28,29)18-6-4-16(5-7-18)15-33-24-3-1-2-21(22(24)14-31-33)25(35)34(19-8-9-19)20-10-11-23-17(12-20)13-30-32-23/h1-6,13-14,18-20H,7-12,15H2,(H,30,32). The number of carbonyl (C=O) groups excluding carboxylic acids is 1. The number of benzene rings is 1. The molecule has 2 unspecified atom stereocenters. The number of rotatable bonds is 5. The first-order chi connectivity index (χ1) is 16.9. The van der Waals surface area contributed by atoms with Crippen LogP contribution in [0.15, 0.2) is 54.4 Å². The summed E-state index contributed by atoms with van der Waals surface area (Å²) >= 11 is 0. The van der Waals surface area contributed by atoms with Crippen LogP contribution in [0.1, 0.15) is 47.3 Å². The Bertz CT molecular complexity index is 1330. The van der Waals surface area contributed by atoms with E-state index in [1.54, 1.807) is 17.0 Å². The van der Waals surface area contributed by atoms with Gasteiger partial charge in [0.1, 0.15) is 0 Å². The number of allylic oxidation sites excluding steroid dienone is 4. The molecule has 6 nitrogen and oxygen atoms in total. The van der Waals surface area contributed by atoms with Gasteiger partial charge in [0.2, 0.25) is 0 Å². The summed E-state index contributed by atoms with van der Waals surface area (Å²) in [7, 11) is 0. The Morgan fingerprint density at radius 3 is 2.77 bits per heavy atom. The lowest BCUT2D eigenvalue weighted by Crippen LogP contribution is -2.44. The number of halogens is 3. The molecule has 35 heavy (non-hydrogen) atoms. The second kappa shape index (κ2) is 8.39. The summed E-state index contributed by atoms with van der Waals surface area (Å²) in [5.74, 6) is -1.41. The molecule has 6 rings (SSSR count). The molecule has 2 atom stereocenters. The van der Waals surface area contributed by atoms with Crippen molar-refractivity contribution in [2.45, 2.75) is 63.3 Å². The van der Waals surface area contributed by atoms with E-state index in [2.05, 4.69) is 20.2 Å². The first-order valence-corrected chi connectivity index (χ1v) is 12.1. The van der Waals surface area contributed by atoms with Crippen molar-refractivity contribution in [3.8, 4) is 0 Å². The number of nitrogens with zero attached hydrogens (tertiary/aromatic N) is 4. The normalized spacial score (nSPS) is 22.2. The molecule has 0 saturated heterocycles. The van der Waals surface area contributed by atoms with Crippen LogP contribution in [0.4, 0.5) is 13.2 Å². The molecule has 0 radical (unpaired) electrons. The first-order valence-electron chi connectivity index (χ1n) is 12.1. The van der Waals surface area contributed by atoms with E-state index in [1.807, 2.05) is 24.4 Å². The Morgan fingerprint density at radius 1 is 1.17 bits per heavy atom. The molecule has 3 aliphatic rings. The molecule has 0 spiro atoms. The van der Waals surface area contributed by atoms with Crippen molar-refractivity contribution in [1.82, 2.24) is 24.9 Å². The number of fused-ring (bicyclic) bond motifs is 2. The molecular weight excluding hydrogens is 455 g/mol. The van der Waals surface area contributed by atoms with Crippen LogP contribution in [0.5, 0.6) is 0 Å². The van der Waals surface area contributed by atoms with Crippen LogP contribution in [0.3, 0.4) is 0 Å². The third kappa shape index (κ3) is 4.17. The largest absolute Gasteiger partial charge is 0.395 e. The number of alkyl halides is 3. The zero-order valence-corrected chi connectivity index (χ0v) is 19.1. The van der Waals surface area contributed by atoms with Gasteiger partial charge in [-0.15, -0.1) is 0 Å². The van der Waals surface area contributed by atoms with Gasteiger partial charge in [-0.25, -0.2) is 0 Å². The summed E-state index contributed by atoms with van der Waals surface area (Å²) in [4.78, 5) is 15.9. The predicted octanol–water partition coefficient (Wildman–Crippen LogP) is 4.99. The summed E-state index contributed by atoms with van der Waals surface area (Å²) in [6.45, 7) is 0.362. The quantitative estimate of drug-likeness (QED) is 0.559. The summed E-state index contributed by atoms with van der Waals surface area (Å²) in [6, 6.07) is 6.03. The van der Waals surface area contributed by atoms with Crippen LogP contribution < -0.4 is 0 Å². The molecule has 2 heterocycles. The Labute approximate surface area is 200 Å². The van der Waals surface area contributed by atoms with Crippen molar-refractivity contribution in [3.63, 3.8) is 0 Å². The lowest BCUT2D eigenvalue weighted by atomic mass is 9.91. The zero-order valence-electron chi connectivity index (χ0n) is 19.1. The molecule has 0 bridgehead atoms. The molecule has 1 amide bonds. The molecule has 3 aromatic rings. The van der Waals surface area contributed by atoms with Gasteiger partial charge < -0.3 is 4.90 Å². The van der Waals surface area contributed by atoms with E-state index in [-0.39, 0.29) is 24.4 Å². The Kier molecular flexibility index (Phi) is 5.30. The van der Waals surface area contributed by atoms with Crippen molar-refractivity contribution in [1.29, 1.82) is 0 Å². The minimum absolute atomic E-state index is 0.0272. The molecule has 1 saturated carbocycles. The van der Waals surface area contributed by atoms with Crippen LogP contribution in [0.25, 0.3) is 10.9 Å². The third-order valence-corrected chi connectivity index (χ3v) is 7.41. The Morgan fingerprint density at radius 2 is 2.03 bits per heavy atom. The van der Waals surface area contributed by atoms with Gasteiger partial charge in [-0.3, -0.25) is 14.6 Å². The fourth-order valence-corrected chi connectivity index (χ4v) is 5.37. The van der Waals surface area contributed by atoms with Gasteiger partial charge in [-0.05, 0) is 61.8 Å². The van der Waals surface area contributed by atoms with Crippen LogP contribution in [0, 0.1) is 5.92 Å². The van der Waals surface area contributed by atoms with Gasteiger partial charge in [0.05, 0.1) is 35.9 Å². The smallest absolute Gasteiger partial charge is 0.332 e. The van der Waals surface area contributed by atoms with Crippen LogP contribution in [-0.2, 0) is 19.4 Å². The van der Waals surface area contributed by atoms with Gasteiger partial charge in [0, 0.05) is 23.2 Å². The molecule has 9 heteroatoms. The summed E-state index contributed by atoms with van der Waals surface area (Å²) in [5, 5.41) is 12.5. The molecule has 1 N–H and O–H groups in total. The fraction of sp³-hybridized carbons (Fsp3) is 0.423. The van der Waals surface area contributed by atoms with E-state index < -0.39 is 12.1 Å². The van der Waals surface area contributed by atoms with Gasteiger partial charge in [0.15, 0.2) is 0 Å². The van der Waals surface area contributed by atoms with Gasteiger partial charge in [-0.1, -0.05) is 24.3 Å². The van der Waals surface area contributed by atoms with Crippen LogP contribution in [0.2, 0.25) is 0 Å². The van der Waals surface area contributed by atoms with E-state index in [1.165, 1.54) is 23.4 Å². The lowest BCUT2D eigenvalue weighted by molar-refractivity contribution is -0.160. The zero-order chi connectivity index (χ0) is 24.2. The maximum absolute atomic E-state index is 13.9. The van der Waals surface area contributed by atoms with E-state index in [4.69, 9.17) is 0 Å². The number of hydrogen-bond acceptors (Lipinski definition) is 3. The molecule has 182 valence electrons. The monoisotopic (exact) mass is 481 g/mol. The molecule has 2 aromatic heterocycles. The van der Waals surface area contributed by atoms with Crippen molar-refractivity contribution in [3.05, 3.63) is 71.2 Å². The molecule has 0 aliphatic heterocycles. The predicted molar refractivity (Wildman–Crippen MR) is 125 cm³/mol. The third-order valence-electron chi connectivity index (χ3n) is 7.41. The number of nitrogens with one attached hydrogen (secondary N) is 1. The SMILES string of the molecule is O=C(c1cccc2c1cnn2CC1=CCC(C(F)(F)F)C=C1)N(C1CC1)C1CCc2[nH]ncc2C1. The summed E-state index contributed by atoms with van der Waals surface area (Å²) < 4.78 is 40.6. The van der Waals surface area contributed by atoms with Gasteiger partial charge in [-0.2, -0.15) is 23.4 Å². The van der Waals surface area contributed by atoms with E-state index >= 15 is 0 Å². The molecule has 1 aromatic carbocycles. The topological polar surface area (TPSA) is 66.8 Å². The number of H-pyrrole nitrogens is 1. The van der Waals surface area contributed by atoms with Crippen LogP contribution >= 0.6 is 0 Å². The van der Waals surface area contributed by atoms with Gasteiger partial charge in [0.25, 0.3) is 5.91 Å². The number of carbonyl (C=O) groups is 1. The minimum atomic E-state index is -4.23. The summed E-state index contributed by atoms with van der Waals surface area (Å²) in [6.07, 6.45) is 8.32. The number of aryl methyl sites for hydroxylation is 1. The fourth-order valence-electron chi connectivity index (χ4n) is 5.37. The average molecular weight is 482 g/mol. The van der Waals surface area contributed by atoms with E-state index in [0.717, 1.165) is 48.6 Å². The number of aromatic amines is 1. The highest BCUT2D eigenvalue weighted by Crippen LogP contribution is 2.36.